The number of carbonyl (C=O) groups excluding carboxylic acids is 2. The molecule has 0 aromatic heterocycles. The van der Waals surface area contributed by atoms with Crippen molar-refractivity contribution in [3.05, 3.63) is 75.0 Å². The van der Waals surface area contributed by atoms with Gasteiger partial charge in [0.1, 0.15) is 19.0 Å². The van der Waals surface area contributed by atoms with Gasteiger partial charge in [0.2, 0.25) is 0 Å². The molecule has 1 atom stereocenters. The van der Waals surface area contributed by atoms with Gasteiger partial charge in [-0.05, 0) is 48.6 Å². The smallest absolute Gasteiger partial charge is 0.336 e. The number of ketones is 1. The van der Waals surface area contributed by atoms with Crippen molar-refractivity contribution in [1.82, 2.24) is 5.32 Å². The molecule has 0 amide bonds. The van der Waals surface area contributed by atoms with E-state index in [1.54, 1.807) is 20.3 Å². The standard InChI is InChI=1S/C29H32BrNO6/c1-17-25(28(33)37-12-11-36-18-9-7-6-8-10-18)26(19-13-23(34-4)24(35-5)14-20(19)30)27-21(31-17)15-29(2,3)16-22(27)32/h6-10,13-14,26,31H,11-12,15-16H2,1-5H3/t26-/m1/s1. The van der Waals surface area contributed by atoms with E-state index >= 15 is 0 Å². The Hall–Kier alpha value is -3.26. The summed E-state index contributed by atoms with van der Waals surface area (Å²) in [7, 11) is 3.12. The first-order valence-electron chi connectivity index (χ1n) is 12.2. The summed E-state index contributed by atoms with van der Waals surface area (Å²) in [5.41, 5.74) is 3.02. The third kappa shape index (κ3) is 5.69. The predicted molar refractivity (Wildman–Crippen MR) is 144 cm³/mol. The van der Waals surface area contributed by atoms with Crippen LogP contribution in [0.4, 0.5) is 0 Å². The van der Waals surface area contributed by atoms with Crippen LogP contribution in [0.3, 0.4) is 0 Å². The average molecular weight is 570 g/mol. The van der Waals surface area contributed by atoms with E-state index in [1.165, 1.54) is 0 Å². The van der Waals surface area contributed by atoms with Crippen LogP contribution in [0.1, 0.15) is 45.1 Å². The highest BCUT2D eigenvalue weighted by Gasteiger charge is 2.44. The minimum atomic E-state index is -0.628. The monoisotopic (exact) mass is 569 g/mol. The number of benzene rings is 2. The van der Waals surface area contributed by atoms with Gasteiger partial charge in [-0.15, -0.1) is 0 Å². The molecule has 0 radical (unpaired) electrons. The molecule has 2 aromatic rings. The summed E-state index contributed by atoms with van der Waals surface area (Å²) < 4.78 is 23.0. The Kier molecular flexibility index (Phi) is 7.97. The molecule has 0 spiro atoms. The number of hydrogen-bond acceptors (Lipinski definition) is 7. The third-order valence-electron chi connectivity index (χ3n) is 6.60. The largest absolute Gasteiger partial charge is 0.493 e. The van der Waals surface area contributed by atoms with Gasteiger partial charge in [0.15, 0.2) is 17.3 Å². The van der Waals surface area contributed by atoms with Gasteiger partial charge in [-0.3, -0.25) is 4.79 Å². The molecule has 0 bridgehead atoms. The van der Waals surface area contributed by atoms with Crippen LogP contribution in [-0.2, 0) is 14.3 Å². The first-order chi connectivity index (χ1) is 17.6. The molecule has 0 saturated carbocycles. The lowest BCUT2D eigenvalue weighted by atomic mass is 9.68. The Bertz CT molecular complexity index is 1260. The minimum Gasteiger partial charge on any atom is -0.493 e. The fraction of sp³-hybridized carbons (Fsp3) is 0.379. The molecule has 0 unspecified atom stereocenters. The number of nitrogens with one attached hydrogen (secondary N) is 1. The van der Waals surface area contributed by atoms with E-state index in [0.717, 1.165) is 11.3 Å². The van der Waals surface area contributed by atoms with Gasteiger partial charge in [-0.1, -0.05) is 48.0 Å². The maximum absolute atomic E-state index is 13.5. The molecule has 0 fully saturated rings. The topological polar surface area (TPSA) is 83.1 Å². The fourth-order valence-electron chi connectivity index (χ4n) is 5.00. The molecule has 1 N–H and O–H groups in total. The Balaban J connectivity index is 1.70. The number of allylic oxidation sites excluding steroid dienone is 3. The summed E-state index contributed by atoms with van der Waals surface area (Å²) >= 11 is 3.65. The molecule has 8 heteroatoms. The van der Waals surface area contributed by atoms with Crippen molar-refractivity contribution >= 4 is 27.7 Å². The molecule has 1 heterocycles. The van der Waals surface area contributed by atoms with Crippen molar-refractivity contribution < 1.29 is 28.5 Å². The lowest BCUT2D eigenvalue weighted by Crippen LogP contribution is -2.39. The predicted octanol–water partition coefficient (Wildman–Crippen LogP) is 5.69. The summed E-state index contributed by atoms with van der Waals surface area (Å²) in [5, 5.41) is 3.36. The number of halogens is 1. The summed E-state index contributed by atoms with van der Waals surface area (Å²) in [6.07, 6.45) is 1.08. The first-order valence-corrected chi connectivity index (χ1v) is 12.9. The van der Waals surface area contributed by atoms with Crippen molar-refractivity contribution in [2.75, 3.05) is 27.4 Å². The number of carbonyl (C=O) groups is 2. The molecule has 2 aliphatic rings. The van der Waals surface area contributed by atoms with Gasteiger partial charge in [-0.2, -0.15) is 0 Å². The number of esters is 1. The van der Waals surface area contributed by atoms with E-state index in [2.05, 4.69) is 35.1 Å². The van der Waals surface area contributed by atoms with Crippen LogP contribution in [0.5, 0.6) is 17.2 Å². The normalized spacial score (nSPS) is 18.6. The van der Waals surface area contributed by atoms with Gasteiger partial charge in [0.05, 0.1) is 19.8 Å². The van der Waals surface area contributed by atoms with E-state index in [4.69, 9.17) is 18.9 Å². The van der Waals surface area contributed by atoms with Crippen LogP contribution in [0, 0.1) is 5.41 Å². The molecule has 196 valence electrons. The van der Waals surface area contributed by atoms with E-state index < -0.39 is 11.9 Å². The van der Waals surface area contributed by atoms with Crippen molar-refractivity contribution in [3.8, 4) is 17.2 Å². The van der Waals surface area contributed by atoms with Gasteiger partial charge in [0.25, 0.3) is 0 Å². The van der Waals surface area contributed by atoms with E-state index in [9.17, 15) is 9.59 Å². The number of Topliss-reactive ketones (excluding diaryl/α,β-unsaturated/α-hetero) is 1. The highest BCUT2D eigenvalue weighted by Crippen LogP contribution is 2.49. The van der Waals surface area contributed by atoms with Crippen molar-refractivity contribution in [3.63, 3.8) is 0 Å². The van der Waals surface area contributed by atoms with Crippen molar-refractivity contribution in [1.29, 1.82) is 0 Å². The van der Waals surface area contributed by atoms with E-state index in [0.29, 0.717) is 51.4 Å². The minimum absolute atomic E-state index is 0.00986. The van der Waals surface area contributed by atoms with Crippen LogP contribution in [0.25, 0.3) is 0 Å². The van der Waals surface area contributed by atoms with E-state index in [-0.39, 0.29) is 24.4 Å². The maximum Gasteiger partial charge on any atom is 0.336 e. The number of rotatable bonds is 8. The van der Waals surface area contributed by atoms with Gasteiger partial charge < -0.3 is 24.3 Å². The third-order valence-corrected chi connectivity index (χ3v) is 7.29. The number of ether oxygens (including phenoxy) is 4. The Morgan fingerprint density at radius 2 is 1.73 bits per heavy atom. The summed E-state index contributed by atoms with van der Waals surface area (Å²) in [4.78, 5) is 27.1. The molecule has 7 nitrogen and oxygen atoms in total. The van der Waals surface area contributed by atoms with E-state index in [1.807, 2.05) is 43.3 Å². The summed E-state index contributed by atoms with van der Waals surface area (Å²) in [6.45, 7) is 6.27. The molecule has 4 rings (SSSR count). The van der Waals surface area contributed by atoms with Crippen LogP contribution in [0.2, 0.25) is 0 Å². The Morgan fingerprint density at radius 1 is 1.05 bits per heavy atom. The summed E-state index contributed by atoms with van der Waals surface area (Å²) in [5.74, 6) is 0.627. The second kappa shape index (κ2) is 11.0. The second-order valence-electron chi connectivity index (χ2n) is 9.96. The van der Waals surface area contributed by atoms with Crippen LogP contribution in [-0.4, -0.2) is 39.2 Å². The Labute approximate surface area is 225 Å². The lowest BCUT2D eigenvalue weighted by Gasteiger charge is -2.39. The van der Waals surface area contributed by atoms with Gasteiger partial charge in [0, 0.05) is 33.8 Å². The van der Waals surface area contributed by atoms with Crippen LogP contribution >= 0.6 is 15.9 Å². The number of hydrogen-bond donors (Lipinski definition) is 1. The number of para-hydroxylation sites is 1. The molecule has 37 heavy (non-hydrogen) atoms. The molecule has 2 aromatic carbocycles. The maximum atomic E-state index is 13.5. The second-order valence-corrected chi connectivity index (χ2v) is 10.8. The van der Waals surface area contributed by atoms with Crippen molar-refractivity contribution in [2.24, 2.45) is 5.41 Å². The molecular weight excluding hydrogens is 538 g/mol. The van der Waals surface area contributed by atoms with Crippen LogP contribution < -0.4 is 19.5 Å². The number of dihydropyridines is 1. The van der Waals surface area contributed by atoms with Crippen molar-refractivity contribution in [2.45, 2.75) is 39.5 Å². The highest BCUT2D eigenvalue weighted by molar-refractivity contribution is 9.10. The molecule has 1 aliphatic heterocycles. The van der Waals surface area contributed by atoms with Gasteiger partial charge >= 0.3 is 5.97 Å². The number of methoxy groups -OCH3 is 2. The Morgan fingerprint density at radius 3 is 2.41 bits per heavy atom. The fourth-order valence-corrected chi connectivity index (χ4v) is 5.55. The molecule has 0 saturated heterocycles. The van der Waals surface area contributed by atoms with Gasteiger partial charge in [-0.25, -0.2) is 4.79 Å². The quantitative estimate of drug-likeness (QED) is 0.323. The SMILES string of the molecule is COc1cc(Br)c([C@@H]2C(C(=O)OCCOc3ccccc3)=C(C)NC3=C2C(=O)CC(C)(C)C3)cc1OC. The summed E-state index contributed by atoms with van der Waals surface area (Å²) in [6, 6.07) is 12.9. The zero-order valence-corrected chi connectivity index (χ0v) is 23.4. The first kappa shape index (κ1) is 26.8. The highest BCUT2D eigenvalue weighted by atomic mass is 79.9. The molecular formula is C29H32BrNO6. The van der Waals surface area contributed by atoms with Crippen LogP contribution in [0.15, 0.2) is 69.5 Å². The zero-order valence-electron chi connectivity index (χ0n) is 21.8. The average Bonchev–Trinajstić information content (AvgIpc) is 2.85. The lowest BCUT2D eigenvalue weighted by molar-refractivity contribution is -0.140. The molecule has 1 aliphatic carbocycles. The zero-order chi connectivity index (χ0) is 26.7.